The number of morpholine rings is 1. The van der Waals surface area contributed by atoms with Gasteiger partial charge in [-0.3, -0.25) is 9.89 Å². The van der Waals surface area contributed by atoms with Crippen molar-refractivity contribution in [2.24, 2.45) is 10.9 Å². The van der Waals surface area contributed by atoms with Gasteiger partial charge in [-0.05, 0) is 18.4 Å². The van der Waals surface area contributed by atoms with E-state index in [2.05, 4.69) is 65.3 Å². The molecule has 0 aliphatic carbocycles. The van der Waals surface area contributed by atoms with Gasteiger partial charge in [-0.2, -0.15) is 0 Å². The molecule has 1 aromatic carbocycles. The molecule has 1 aliphatic rings. The molecule has 1 heterocycles. The maximum atomic E-state index is 5.41. The van der Waals surface area contributed by atoms with Gasteiger partial charge in [0.2, 0.25) is 0 Å². The van der Waals surface area contributed by atoms with E-state index < -0.39 is 0 Å². The molecular formula is C19H33IN4O. The van der Waals surface area contributed by atoms with Gasteiger partial charge in [0.1, 0.15) is 0 Å². The molecule has 25 heavy (non-hydrogen) atoms. The van der Waals surface area contributed by atoms with E-state index in [1.165, 1.54) is 11.1 Å². The van der Waals surface area contributed by atoms with Crippen LogP contribution in [0.25, 0.3) is 0 Å². The van der Waals surface area contributed by atoms with Gasteiger partial charge in [0.15, 0.2) is 5.96 Å². The molecule has 1 atom stereocenters. The summed E-state index contributed by atoms with van der Waals surface area (Å²) in [6, 6.07) is 8.67. The molecule has 0 aromatic heterocycles. The van der Waals surface area contributed by atoms with Crippen molar-refractivity contribution in [3.8, 4) is 0 Å². The van der Waals surface area contributed by atoms with Crippen LogP contribution in [0.4, 0.5) is 0 Å². The zero-order valence-electron chi connectivity index (χ0n) is 16.0. The van der Waals surface area contributed by atoms with Crippen molar-refractivity contribution < 1.29 is 4.74 Å². The number of benzene rings is 1. The minimum absolute atomic E-state index is 0. The third-order valence-corrected chi connectivity index (χ3v) is 4.40. The van der Waals surface area contributed by atoms with E-state index in [1.807, 2.05) is 7.05 Å². The molecule has 1 unspecified atom stereocenters. The second-order valence-electron chi connectivity index (χ2n) is 6.79. The largest absolute Gasteiger partial charge is 0.379 e. The van der Waals surface area contributed by atoms with Crippen LogP contribution >= 0.6 is 24.0 Å². The summed E-state index contributed by atoms with van der Waals surface area (Å²) in [5.74, 6) is 1.53. The van der Waals surface area contributed by atoms with Gasteiger partial charge in [-0.1, -0.05) is 36.8 Å². The van der Waals surface area contributed by atoms with Crippen molar-refractivity contribution in [3.05, 3.63) is 35.4 Å². The van der Waals surface area contributed by atoms with Crippen LogP contribution in [0.3, 0.4) is 0 Å². The maximum absolute atomic E-state index is 5.41. The Balaban J connectivity index is 0.00000312. The van der Waals surface area contributed by atoms with Crippen LogP contribution in [0.2, 0.25) is 0 Å². The Labute approximate surface area is 169 Å². The molecule has 1 aromatic rings. The average Bonchev–Trinajstić information content (AvgIpc) is 2.58. The Morgan fingerprint density at radius 2 is 1.92 bits per heavy atom. The minimum Gasteiger partial charge on any atom is -0.379 e. The first-order chi connectivity index (χ1) is 11.6. The van der Waals surface area contributed by atoms with Crippen molar-refractivity contribution in [1.29, 1.82) is 0 Å². The normalized spacial score (nSPS) is 16.9. The monoisotopic (exact) mass is 460 g/mol. The SMILES string of the molecule is CN=C(NCC(C)CN1CCOCC1)N(C)Cc1ccc(C)cc1.I. The molecule has 1 aliphatic heterocycles. The molecule has 0 bridgehead atoms. The van der Waals surface area contributed by atoms with Gasteiger partial charge in [0.05, 0.1) is 13.2 Å². The lowest BCUT2D eigenvalue weighted by molar-refractivity contribution is 0.0320. The summed E-state index contributed by atoms with van der Waals surface area (Å²) in [6.45, 7) is 11.1. The van der Waals surface area contributed by atoms with Gasteiger partial charge in [-0.25, -0.2) is 0 Å². The highest BCUT2D eigenvalue weighted by Gasteiger charge is 2.14. The number of aliphatic imine (C=N–C) groups is 1. The fourth-order valence-electron chi connectivity index (χ4n) is 2.98. The number of nitrogens with one attached hydrogen (secondary N) is 1. The number of hydrogen-bond donors (Lipinski definition) is 1. The fourth-order valence-corrected chi connectivity index (χ4v) is 2.98. The first-order valence-corrected chi connectivity index (χ1v) is 8.86. The highest BCUT2D eigenvalue weighted by Crippen LogP contribution is 2.07. The van der Waals surface area contributed by atoms with Crippen molar-refractivity contribution >= 4 is 29.9 Å². The van der Waals surface area contributed by atoms with Crippen LogP contribution in [0.1, 0.15) is 18.1 Å². The fraction of sp³-hybridized carbons (Fsp3) is 0.632. The Hall–Kier alpha value is -0.860. The van der Waals surface area contributed by atoms with Crippen LogP contribution < -0.4 is 5.32 Å². The Morgan fingerprint density at radius 3 is 2.52 bits per heavy atom. The first-order valence-electron chi connectivity index (χ1n) is 8.86. The highest BCUT2D eigenvalue weighted by atomic mass is 127. The number of rotatable bonds is 6. The lowest BCUT2D eigenvalue weighted by atomic mass is 10.1. The van der Waals surface area contributed by atoms with Gasteiger partial charge in [0, 0.05) is 46.8 Å². The molecule has 142 valence electrons. The predicted molar refractivity (Wildman–Crippen MR) is 116 cm³/mol. The van der Waals surface area contributed by atoms with Crippen LogP contribution in [-0.4, -0.2) is 69.2 Å². The molecular weight excluding hydrogens is 427 g/mol. The molecule has 2 rings (SSSR count). The molecule has 1 saturated heterocycles. The molecule has 0 spiro atoms. The number of guanidine groups is 1. The topological polar surface area (TPSA) is 40.1 Å². The number of halogens is 1. The van der Waals surface area contributed by atoms with E-state index in [-0.39, 0.29) is 24.0 Å². The van der Waals surface area contributed by atoms with E-state index in [9.17, 15) is 0 Å². The van der Waals surface area contributed by atoms with E-state index in [4.69, 9.17) is 4.74 Å². The zero-order valence-corrected chi connectivity index (χ0v) is 18.3. The van der Waals surface area contributed by atoms with Gasteiger partial charge in [-0.15, -0.1) is 24.0 Å². The van der Waals surface area contributed by atoms with E-state index in [0.717, 1.165) is 51.9 Å². The molecule has 0 amide bonds. The summed E-state index contributed by atoms with van der Waals surface area (Å²) in [5.41, 5.74) is 2.59. The van der Waals surface area contributed by atoms with Crippen molar-refractivity contribution in [2.75, 3.05) is 53.5 Å². The summed E-state index contributed by atoms with van der Waals surface area (Å²) in [7, 11) is 3.93. The van der Waals surface area contributed by atoms with Crippen LogP contribution in [0.15, 0.2) is 29.3 Å². The zero-order chi connectivity index (χ0) is 17.4. The van der Waals surface area contributed by atoms with Crippen molar-refractivity contribution in [1.82, 2.24) is 15.1 Å². The number of ether oxygens (including phenoxy) is 1. The quantitative estimate of drug-likeness (QED) is 0.403. The molecule has 6 heteroatoms. The summed E-state index contributed by atoms with van der Waals surface area (Å²) in [4.78, 5) is 9.07. The molecule has 0 radical (unpaired) electrons. The number of nitrogens with zero attached hydrogens (tertiary/aromatic N) is 3. The molecule has 1 fully saturated rings. The standard InChI is InChI=1S/C19H32N4O.HI/c1-16-5-7-18(8-6-16)15-22(4)19(20-3)21-13-17(2)14-23-9-11-24-12-10-23;/h5-8,17H,9-15H2,1-4H3,(H,20,21);1H. The van der Waals surface area contributed by atoms with Crippen LogP contribution in [0, 0.1) is 12.8 Å². The van der Waals surface area contributed by atoms with Crippen LogP contribution in [-0.2, 0) is 11.3 Å². The lowest BCUT2D eigenvalue weighted by Gasteiger charge is -2.30. The number of aryl methyl sites for hydroxylation is 1. The summed E-state index contributed by atoms with van der Waals surface area (Å²) >= 11 is 0. The lowest BCUT2D eigenvalue weighted by Crippen LogP contribution is -2.44. The van der Waals surface area contributed by atoms with E-state index in [1.54, 1.807) is 0 Å². The highest BCUT2D eigenvalue weighted by molar-refractivity contribution is 14.0. The average molecular weight is 460 g/mol. The van der Waals surface area contributed by atoms with Crippen molar-refractivity contribution in [3.63, 3.8) is 0 Å². The first kappa shape index (κ1) is 22.2. The summed E-state index contributed by atoms with van der Waals surface area (Å²) in [6.07, 6.45) is 0. The minimum atomic E-state index is 0. The van der Waals surface area contributed by atoms with E-state index in [0.29, 0.717) is 5.92 Å². The number of hydrogen-bond acceptors (Lipinski definition) is 3. The maximum Gasteiger partial charge on any atom is 0.193 e. The van der Waals surface area contributed by atoms with E-state index >= 15 is 0 Å². The third kappa shape index (κ3) is 7.92. The van der Waals surface area contributed by atoms with Crippen LogP contribution in [0.5, 0.6) is 0 Å². The second-order valence-corrected chi connectivity index (χ2v) is 6.79. The Kier molecular flexibility index (Phi) is 10.4. The molecule has 5 nitrogen and oxygen atoms in total. The Morgan fingerprint density at radius 1 is 1.28 bits per heavy atom. The van der Waals surface area contributed by atoms with Gasteiger partial charge in [0.25, 0.3) is 0 Å². The second kappa shape index (κ2) is 11.7. The smallest absolute Gasteiger partial charge is 0.193 e. The van der Waals surface area contributed by atoms with Crippen molar-refractivity contribution in [2.45, 2.75) is 20.4 Å². The Bertz CT molecular complexity index is 515. The predicted octanol–water partition coefficient (Wildman–Crippen LogP) is 2.59. The molecule has 0 saturated carbocycles. The summed E-state index contributed by atoms with van der Waals surface area (Å²) < 4.78 is 5.41. The molecule has 1 N–H and O–H groups in total. The van der Waals surface area contributed by atoms with Gasteiger partial charge < -0.3 is 15.0 Å². The third-order valence-electron chi connectivity index (χ3n) is 4.40. The van der Waals surface area contributed by atoms with Gasteiger partial charge >= 0.3 is 0 Å². The summed E-state index contributed by atoms with van der Waals surface area (Å²) in [5, 5.41) is 3.51.